The molecule has 0 spiro atoms. The Morgan fingerprint density at radius 2 is 1.30 bits per heavy atom. The second kappa shape index (κ2) is 9.88. The third-order valence-electron chi connectivity index (χ3n) is 3.60. The van der Waals surface area contributed by atoms with Gasteiger partial charge in [0, 0.05) is 43.2 Å². The summed E-state index contributed by atoms with van der Waals surface area (Å²) in [6, 6.07) is 12.0. The summed E-state index contributed by atoms with van der Waals surface area (Å²) in [5, 5.41) is 31.0. The molecule has 9 heteroatoms. The van der Waals surface area contributed by atoms with Gasteiger partial charge in [-0.05, 0) is 41.8 Å². The number of nitro benzene ring substituents is 2. The Balaban J connectivity index is 1.73. The van der Waals surface area contributed by atoms with Crippen molar-refractivity contribution >= 4 is 23.8 Å². The van der Waals surface area contributed by atoms with Crippen LogP contribution in [0.1, 0.15) is 17.5 Å². The van der Waals surface area contributed by atoms with Crippen LogP contribution in [0, 0.1) is 20.2 Å². The first kappa shape index (κ1) is 19.9. The van der Waals surface area contributed by atoms with E-state index in [-0.39, 0.29) is 17.9 Å². The van der Waals surface area contributed by atoms with E-state index in [1.807, 2.05) is 0 Å². The second-order valence-electron chi connectivity index (χ2n) is 5.67. The van der Waals surface area contributed by atoms with Crippen LogP contribution >= 0.6 is 0 Å². The predicted octanol–water partition coefficient (Wildman–Crippen LogP) is 2.79. The summed E-state index contributed by atoms with van der Waals surface area (Å²) < 4.78 is 0. The highest BCUT2D eigenvalue weighted by molar-refractivity contribution is 5.80. The van der Waals surface area contributed by atoms with Gasteiger partial charge in [0.15, 0.2) is 0 Å². The van der Waals surface area contributed by atoms with Crippen molar-refractivity contribution in [1.29, 1.82) is 0 Å². The Morgan fingerprint density at radius 3 is 1.74 bits per heavy atom. The number of rotatable bonds is 9. The number of aliphatic imine (C=N–C) groups is 2. The van der Waals surface area contributed by atoms with E-state index < -0.39 is 16.0 Å². The van der Waals surface area contributed by atoms with Gasteiger partial charge in [-0.2, -0.15) is 0 Å². The molecule has 0 aliphatic carbocycles. The Morgan fingerprint density at radius 1 is 0.852 bits per heavy atom. The van der Waals surface area contributed by atoms with Crippen LogP contribution in [-0.4, -0.2) is 46.6 Å². The summed E-state index contributed by atoms with van der Waals surface area (Å²) in [6.07, 6.45) is 2.90. The van der Waals surface area contributed by atoms with Crippen LogP contribution in [0.15, 0.2) is 58.5 Å². The summed E-state index contributed by atoms with van der Waals surface area (Å²) in [7, 11) is 0. The van der Waals surface area contributed by atoms with Crippen molar-refractivity contribution in [2.24, 2.45) is 9.98 Å². The minimum absolute atomic E-state index is 0.0121. The molecule has 0 aliphatic rings. The van der Waals surface area contributed by atoms with Crippen LogP contribution < -0.4 is 0 Å². The van der Waals surface area contributed by atoms with Gasteiger partial charge in [0.2, 0.25) is 0 Å². The number of non-ortho nitro benzene ring substituents is 2. The molecule has 9 nitrogen and oxygen atoms in total. The van der Waals surface area contributed by atoms with Gasteiger partial charge in [-0.15, -0.1) is 0 Å². The van der Waals surface area contributed by atoms with Crippen molar-refractivity contribution in [3.05, 3.63) is 79.9 Å². The van der Waals surface area contributed by atoms with E-state index in [1.165, 1.54) is 24.3 Å². The molecule has 0 aromatic heterocycles. The molecule has 2 rings (SSSR count). The van der Waals surface area contributed by atoms with Crippen molar-refractivity contribution < 1.29 is 15.0 Å². The van der Waals surface area contributed by atoms with Gasteiger partial charge < -0.3 is 5.11 Å². The molecule has 0 saturated heterocycles. The Kier molecular flexibility index (Phi) is 7.26. The Hall–Kier alpha value is -3.46. The molecule has 1 N–H and O–H groups in total. The highest BCUT2D eigenvalue weighted by Gasteiger charge is 2.04. The summed E-state index contributed by atoms with van der Waals surface area (Å²) >= 11 is 0. The van der Waals surface area contributed by atoms with Gasteiger partial charge >= 0.3 is 0 Å². The van der Waals surface area contributed by atoms with Crippen molar-refractivity contribution in [3.8, 4) is 0 Å². The largest absolute Gasteiger partial charge is 0.391 e. The van der Waals surface area contributed by atoms with Crippen LogP contribution in [-0.2, 0) is 0 Å². The van der Waals surface area contributed by atoms with E-state index in [9.17, 15) is 25.3 Å². The van der Waals surface area contributed by atoms with Gasteiger partial charge in [-0.25, -0.2) is 0 Å². The average Bonchev–Trinajstić information content (AvgIpc) is 2.66. The molecule has 27 heavy (non-hydrogen) atoms. The van der Waals surface area contributed by atoms with Gasteiger partial charge in [0.1, 0.15) is 0 Å². The van der Waals surface area contributed by atoms with Crippen LogP contribution in [0.5, 0.6) is 0 Å². The topological polar surface area (TPSA) is 131 Å². The van der Waals surface area contributed by atoms with Gasteiger partial charge in [0.25, 0.3) is 11.4 Å². The molecule has 0 heterocycles. The molecule has 140 valence electrons. The van der Waals surface area contributed by atoms with Crippen LogP contribution in [0.25, 0.3) is 0 Å². The smallest absolute Gasteiger partial charge is 0.269 e. The monoisotopic (exact) mass is 370 g/mol. The van der Waals surface area contributed by atoms with Crippen molar-refractivity contribution in [1.82, 2.24) is 0 Å². The number of benzene rings is 2. The lowest BCUT2D eigenvalue weighted by molar-refractivity contribution is -0.385. The molecule has 0 fully saturated rings. The lowest BCUT2D eigenvalue weighted by Gasteiger charge is -2.04. The number of hydrogen-bond acceptors (Lipinski definition) is 7. The highest BCUT2D eigenvalue weighted by Crippen LogP contribution is 2.11. The summed E-state index contributed by atoms with van der Waals surface area (Å²) in [5.41, 5.74) is 1.49. The molecule has 0 unspecified atom stereocenters. The van der Waals surface area contributed by atoms with E-state index in [0.29, 0.717) is 18.5 Å². The zero-order valence-electron chi connectivity index (χ0n) is 14.3. The number of nitrogens with zero attached hydrogens (tertiary/aromatic N) is 4. The first-order valence-electron chi connectivity index (χ1n) is 8.12. The molecule has 0 bridgehead atoms. The van der Waals surface area contributed by atoms with E-state index in [0.717, 1.165) is 5.56 Å². The number of aliphatic hydroxyl groups is 1. The zero-order chi connectivity index (χ0) is 19.6. The lowest BCUT2D eigenvalue weighted by atomic mass is 10.2. The van der Waals surface area contributed by atoms with Crippen LogP contribution in [0.4, 0.5) is 11.4 Å². The number of aliphatic hydroxyl groups excluding tert-OH is 1. The summed E-state index contributed by atoms with van der Waals surface area (Å²) in [4.78, 5) is 28.5. The molecule has 0 amide bonds. The SMILES string of the molecule is O=[N+]([O-])c1ccc(C=NCC[C@H](O)CN=Cc2ccc([N+](=O)[O-])cc2)cc1. The molecular formula is C18H18N4O5. The maximum absolute atomic E-state index is 10.6. The normalized spacial score (nSPS) is 12.5. The van der Waals surface area contributed by atoms with E-state index in [2.05, 4.69) is 9.98 Å². The molecule has 2 aromatic carbocycles. The second-order valence-corrected chi connectivity index (χ2v) is 5.67. The maximum atomic E-state index is 10.6. The third kappa shape index (κ3) is 6.75. The van der Waals surface area contributed by atoms with Gasteiger partial charge in [-0.1, -0.05) is 0 Å². The first-order chi connectivity index (χ1) is 13.0. The average molecular weight is 370 g/mol. The molecule has 0 aliphatic heterocycles. The van der Waals surface area contributed by atoms with E-state index in [1.54, 1.807) is 36.7 Å². The minimum atomic E-state index is -0.659. The first-order valence-corrected chi connectivity index (χ1v) is 8.12. The van der Waals surface area contributed by atoms with E-state index >= 15 is 0 Å². The van der Waals surface area contributed by atoms with Gasteiger partial charge in [-0.3, -0.25) is 30.2 Å². The third-order valence-corrected chi connectivity index (χ3v) is 3.60. The Labute approximate surface area is 155 Å². The van der Waals surface area contributed by atoms with Crippen molar-refractivity contribution in [2.75, 3.05) is 13.1 Å². The Bertz CT molecular complexity index is 832. The minimum Gasteiger partial charge on any atom is -0.391 e. The fourth-order valence-corrected chi connectivity index (χ4v) is 2.13. The maximum Gasteiger partial charge on any atom is 0.269 e. The standard InChI is InChI=1S/C18H18N4O5/c23-18(13-20-12-15-3-7-17(8-4-15)22(26)27)9-10-19-11-14-1-5-16(6-2-14)21(24)25/h1-8,11-12,18,23H,9-10,13H2/t18-/m0/s1. The lowest BCUT2D eigenvalue weighted by Crippen LogP contribution is -2.12. The molecule has 0 saturated carbocycles. The number of hydrogen-bond donors (Lipinski definition) is 1. The van der Waals surface area contributed by atoms with E-state index in [4.69, 9.17) is 0 Å². The van der Waals surface area contributed by atoms with Crippen molar-refractivity contribution in [3.63, 3.8) is 0 Å². The molecule has 2 aromatic rings. The highest BCUT2D eigenvalue weighted by atomic mass is 16.6. The van der Waals surface area contributed by atoms with Crippen LogP contribution in [0.2, 0.25) is 0 Å². The molecule has 0 radical (unpaired) electrons. The molecular weight excluding hydrogens is 352 g/mol. The predicted molar refractivity (Wildman–Crippen MR) is 102 cm³/mol. The quantitative estimate of drug-likeness (QED) is 0.412. The number of nitro groups is 2. The summed E-state index contributed by atoms with van der Waals surface area (Å²) in [6.45, 7) is 0.593. The van der Waals surface area contributed by atoms with Crippen LogP contribution in [0.3, 0.4) is 0 Å². The fourth-order valence-electron chi connectivity index (χ4n) is 2.13. The fraction of sp³-hybridized carbons (Fsp3) is 0.222. The van der Waals surface area contributed by atoms with Crippen molar-refractivity contribution in [2.45, 2.75) is 12.5 Å². The molecule has 1 atom stereocenters. The van der Waals surface area contributed by atoms with Gasteiger partial charge in [0.05, 0.1) is 22.5 Å². The zero-order valence-corrected chi connectivity index (χ0v) is 14.3. The summed E-state index contributed by atoms with van der Waals surface area (Å²) in [5.74, 6) is 0.